The van der Waals surface area contributed by atoms with Gasteiger partial charge in [-0.25, -0.2) is 9.18 Å². The van der Waals surface area contributed by atoms with Gasteiger partial charge in [0.1, 0.15) is 19.0 Å². The zero-order valence-electron chi connectivity index (χ0n) is 17.0. The van der Waals surface area contributed by atoms with E-state index in [4.69, 9.17) is 32.8 Å². The molecule has 0 aliphatic rings. The number of carboxylic acid groups (broad SMARTS) is 1. The van der Waals surface area contributed by atoms with Crippen LogP contribution in [0, 0.1) is 0 Å². The van der Waals surface area contributed by atoms with Crippen LogP contribution < -0.4 is 9.47 Å². The quantitative estimate of drug-likeness (QED) is 0.221. The lowest BCUT2D eigenvalue weighted by Gasteiger charge is -2.24. The Labute approximate surface area is 198 Å². The molecule has 2 aromatic carbocycles. The maximum absolute atomic E-state index is 13.6. The fraction of sp³-hybridized carbons (Fsp3) is 0.300. The van der Waals surface area contributed by atoms with Crippen molar-refractivity contribution >= 4 is 34.9 Å². The van der Waals surface area contributed by atoms with E-state index in [-0.39, 0.29) is 24.5 Å². The summed E-state index contributed by atoms with van der Waals surface area (Å²) in [5, 5.41) is 11.6. The number of hydrogen-bond donors (Lipinski definition) is 1. The lowest BCUT2D eigenvalue weighted by molar-refractivity contribution is -0.304. The highest BCUT2D eigenvalue weighted by atomic mass is 35.5. The molecule has 0 aromatic heterocycles. The highest BCUT2D eigenvalue weighted by molar-refractivity contribution is 6.42. The molecule has 34 heavy (non-hydrogen) atoms. The number of halogens is 8. The number of rotatable bonds is 10. The van der Waals surface area contributed by atoms with Crippen LogP contribution in [0.2, 0.25) is 10.0 Å². The van der Waals surface area contributed by atoms with Crippen molar-refractivity contribution in [3.8, 4) is 11.5 Å². The van der Waals surface area contributed by atoms with E-state index >= 15 is 0 Å². The second-order valence-electron chi connectivity index (χ2n) is 6.39. The maximum atomic E-state index is 13.6. The minimum Gasteiger partial charge on any atom is -0.489 e. The van der Waals surface area contributed by atoms with Gasteiger partial charge in [0.2, 0.25) is 0 Å². The van der Waals surface area contributed by atoms with Crippen molar-refractivity contribution in [3.05, 3.63) is 57.6 Å². The number of oxime groups is 1. The Morgan fingerprint density at radius 2 is 1.71 bits per heavy atom. The highest BCUT2D eigenvalue weighted by Gasteiger charge is 2.59. The molecule has 6 nitrogen and oxygen atoms in total. The summed E-state index contributed by atoms with van der Waals surface area (Å²) >= 11 is 11.6. The molecule has 0 fully saturated rings. The summed E-state index contributed by atoms with van der Waals surface area (Å²) in [6, 6.07) is 7.87. The van der Waals surface area contributed by atoms with E-state index in [0.29, 0.717) is 5.56 Å². The van der Waals surface area contributed by atoms with Gasteiger partial charge in [-0.2, -0.15) is 22.0 Å². The third-order valence-corrected chi connectivity index (χ3v) is 4.51. The molecular formula is C20H15Cl2F6NO5. The zero-order valence-corrected chi connectivity index (χ0v) is 18.5. The molecule has 0 aliphatic heterocycles. The number of benzene rings is 2. The van der Waals surface area contributed by atoms with Crippen LogP contribution in [0.3, 0.4) is 0 Å². The van der Waals surface area contributed by atoms with Gasteiger partial charge in [-0.1, -0.05) is 52.6 Å². The molecule has 0 saturated heterocycles. The standard InChI is InChI=1S/C20H15Cl2F6NO5/c1-2-33-29-15(17(30)31)12-6-4-3-5-10(12)9-32-11-7-13(21)16(14(22)8-11)34-20(27,28)18(23)19(24,25)26/h3-8,18H,2,9H2,1H3,(H,30,31). The third-order valence-electron chi connectivity index (χ3n) is 3.95. The second kappa shape index (κ2) is 11.0. The van der Waals surface area contributed by atoms with E-state index in [1.165, 1.54) is 12.1 Å². The normalized spacial score (nSPS) is 13.4. The van der Waals surface area contributed by atoms with Gasteiger partial charge in [-0.15, -0.1) is 0 Å². The van der Waals surface area contributed by atoms with Crippen LogP contribution in [0.1, 0.15) is 18.1 Å². The molecule has 186 valence electrons. The third kappa shape index (κ3) is 6.83. The van der Waals surface area contributed by atoms with Gasteiger partial charge in [-0.3, -0.25) is 0 Å². The minimum atomic E-state index is -5.89. The first-order valence-corrected chi connectivity index (χ1v) is 9.94. The molecule has 0 heterocycles. The molecule has 0 amide bonds. The van der Waals surface area contributed by atoms with Gasteiger partial charge in [0.05, 0.1) is 10.0 Å². The zero-order chi connectivity index (χ0) is 25.7. The van der Waals surface area contributed by atoms with Crippen molar-refractivity contribution in [2.75, 3.05) is 6.61 Å². The van der Waals surface area contributed by atoms with E-state index in [1.54, 1.807) is 19.1 Å². The van der Waals surface area contributed by atoms with E-state index < -0.39 is 45.9 Å². The van der Waals surface area contributed by atoms with Gasteiger partial charge in [0.15, 0.2) is 11.5 Å². The van der Waals surface area contributed by atoms with E-state index in [0.717, 1.165) is 12.1 Å². The monoisotopic (exact) mass is 533 g/mol. The summed E-state index contributed by atoms with van der Waals surface area (Å²) in [4.78, 5) is 16.3. The van der Waals surface area contributed by atoms with Crippen LogP contribution in [-0.2, 0) is 16.2 Å². The molecule has 0 radical (unpaired) electrons. The summed E-state index contributed by atoms with van der Waals surface area (Å²) in [7, 11) is 0. The molecule has 0 aliphatic carbocycles. The molecule has 2 aromatic rings. The van der Waals surface area contributed by atoms with Crippen LogP contribution in [0.4, 0.5) is 26.3 Å². The van der Waals surface area contributed by atoms with Crippen molar-refractivity contribution in [3.63, 3.8) is 0 Å². The fourth-order valence-corrected chi connectivity index (χ4v) is 3.01. The lowest BCUT2D eigenvalue weighted by Crippen LogP contribution is -2.45. The van der Waals surface area contributed by atoms with Gasteiger partial charge in [-0.05, 0) is 12.5 Å². The van der Waals surface area contributed by atoms with Gasteiger partial charge in [0.25, 0.3) is 6.17 Å². The van der Waals surface area contributed by atoms with E-state index in [9.17, 15) is 36.2 Å². The van der Waals surface area contributed by atoms with Crippen LogP contribution in [0.5, 0.6) is 11.5 Å². The molecule has 1 atom stereocenters. The van der Waals surface area contributed by atoms with Crippen LogP contribution in [0.15, 0.2) is 41.6 Å². The van der Waals surface area contributed by atoms with Crippen molar-refractivity contribution in [2.45, 2.75) is 32.0 Å². The molecule has 0 saturated carbocycles. The van der Waals surface area contributed by atoms with E-state index in [2.05, 4.69) is 9.89 Å². The summed E-state index contributed by atoms with van der Waals surface area (Å²) < 4.78 is 86.5. The van der Waals surface area contributed by atoms with Crippen molar-refractivity contribution in [1.29, 1.82) is 0 Å². The Morgan fingerprint density at radius 3 is 2.24 bits per heavy atom. The predicted molar refractivity (Wildman–Crippen MR) is 110 cm³/mol. The SMILES string of the molecule is CCON=C(C(=O)O)c1ccccc1COc1cc(Cl)c(OC(F)(F)C(F)C(F)(F)F)c(Cl)c1. The molecule has 2 rings (SSSR count). The topological polar surface area (TPSA) is 77.4 Å². The van der Waals surface area contributed by atoms with Crippen molar-refractivity contribution in [1.82, 2.24) is 0 Å². The Hall–Kier alpha value is -2.86. The molecule has 1 unspecified atom stereocenters. The molecule has 14 heteroatoms. The molecule has 1 N–H and O–H groups in total. The number of alkyl halides is 6. The number of ether oxygens (including phenoxy) is 2. The number of hydrogen-bond acceptors (Lipinski definition) is 5. The predicted octanol–water partition coefficient (Wildman–Crippen LogP) is 6.27. The first-order valence-electron chi connectivity index (χ1n) is 9.18. The first kappa shape index (κ1) is 27.4. The smallest absolute Gasteiger partial charge is 0.439 e. The summed E-state index contributed by atoms with van der Waals surface area (Å²) in [5.41, 5.74) is 0.0721. The van der Waals surface area contributed by atoms with Crippen LogP contribution in [-0.4, -0.2) is 41.9 Å². The van der Waals surface area contributed by atoms with Crippen LogP contribution in [0.25, 0.3) is 0 Å². The Bertz CT molecular complexity index is 1040. The fourth-order valence-electron chi connectivity index (χ4n) is 2.47. The largest absolute Gasteiger partial charge is 0.489 e. The Balaban J connectivity index is 2.26. The summed E-state index contributed by atoms with van der Waals surface area (Å²) in [6.07, 6.45) is -15.8. The van der Waals surface area contributed by atoms with Gasteiger partial charge < -0.3 is 19.4 Å². The number of carboxylic acids is 1. The number of carbonyl (C=O) groups is 1. The minimum absolute atomic E-state index is 0.117. The lowest BCUT2D eigenvalue weighted by atomic mass is 10.0. The van der Waals surface area contributed by atoms with Crippen molar-refractivity contribution < 1.29 is 50.6 Å². The average Bonchev–Trinajstić information content (AvgIpc) is 2.74. The van der Waals surface area contributed by atoms with E-state index in [1.807, 2.05) is 0 Å². The first-order chi connectivity index (χ1) is 15.8. The number of aliphatic carboxylic acids is 1. The molecule has 0 spiro atoms. The number of nitrogens with zero attached hydrogens (tertiary/aromatic N) is 1. The summed E-state index contributed by atoms with van der Waals surface area (Å²) in [5.74, 6) is -2.60. The summed E-state index contributed by atoms with van der Waals surface area (Å²) in [6.45, 7) is 1.44. The van der Waals surface area contributed by atoms with Gasteiger partial charge in [0, 0.05) is 17.7 Å². The Morgan fingerprint density at radius 1 is 1.12 bits per heavy atom. The molecular weight excluding hydrogens is 519 g/mol. The maximum Gasteiger partial charge on any atom is 0.439 e. The second-order valence-corrected chi connectivity index (χ2v) is 7.21. The van der Waals surface area contributed by atoms with Crippen LogP contribution >= 0.6 is 23.2 Å². The highest BCUT2D eigenvalue weighted by Crippen LogP contribution is 2.43. The Kier molecular flexibility index (Phi) is 8.89. The van der Waals surface area contributed by atoms with Gasteiger partial charge >= 0.3 is 18.3 Å². The molecule has 0 bridgehead atoms. The van der Waals surface area contributed by atoms with Crippen molar-refractivity contribution in [2.24, 2.45) is 5.16 Å². The average molecular weight is 534 g/mol.